The monoisotopic (exact) mass is 314 g/mol. The summed E-state index contributed by atoms with van der Waals surface area (Å²) >= 11 is 0. The van der Waals surface area contributed by atoms with Crippen molar-refractivity contribution < 1.29 is 13.2 Å². The summed E-state index contributed by atoms with van der Waals surface area (Å²) in [4.78, 5) is 2.35. The number of hydrogen-bond acceptors (Lipinski definition) is 2. The summed E-state index contributed by atoms with van der Waals surface area (Å²) in [6.45, 7) is 8.75. The lowest BCUT2D eigenvalue weighted by Crippen LogP contribution is -2.37. The number of likely N-dealkylation sites (tertiary alicyclic amines) is 1. The van der Waals surface area contributed by atoms with Crippen LogP contribution < -0.4 is 5.32 Å². The topological polar surface area (TPSA) is 15.3 Å². The van der Waals surface area contributed by atoms with Crippen LogP contribution in [0.4, 0.5) is 13.2 Å². The fourth-order valence-corrected chi connectivity index (χ4v) is 2.99. The predicted molar refractivity (Wildman–Crippen MR) is 82.7 cm³/mol. The van der Waals surface area contributed by atoms with Crippen LogP contribution in [0, 0.1) is 12.8 Å². The number of piperidine rings is 1. The largest absolute Gasteiger partial charge is 0.416 e. The molecule has 1 aromatic rings. The number of aryl methyl sites for hydroxylation is 1. The standard InChI is InChI=1S/C17H25F3N2/c1-3-21-11-14-6-8-22(9-7-14)12-15-4-5-16(10-13(15)2)17(18,19)20/h4-5,10,14,21H,3,6-9,11-12H2,1-2H3. The Kier molecular flexibility index (Phi) is 5.87. The molecule has 1 heterocycles. The second-order valence-electron chi connectivity index (χ2n) is 6.17. The van der Waals surface area contributed by atoms with Crippen molar-refractivity contribution >= 4 is 0 Å². The SMILES string of the molecule is CCNCC1CCN(Cc2ccc(C(F)(F)F)cc2C)CC1. The van der Waals surface area contributed by atoms with E-state index in [1.807, 2.05) is 0 Å². The molecule has 0 radical (unpaired) electrons. The zero-order chi connectivity index (χ0) is 16.2. The van der Waals surface area contributed by atoms with Gasteiger partial charge in [0.05, 0.1) is 5.56 Å². The van der Waals surface area contributed by atoms with Crippen LogP contribution in [0.2, 0.25) is 0 Å². The second kappa shape index (κ2) is 7.47. The molecule has 0 spiro atoms. The molecule has 22 heavy (non-hydrogen) atoms. The second-order valence-corrected chi connectivity index (χ2v) is 6.17. The van der Waals surface area contributed by atoms with Crippen molar-refractivity contribution in [2.45, 2.75) is 39.4 Å². The van der Waals surface area contributed by atoms with Gasteiger partial charge in [-0.3, -0.25) is 4.90 Å². The van der Waals surface area contributed by atoms with E-state index in [9.17, 15) is 13.2 Å². The maximum absolute atomic E-state index is 12.7. The molecule has 2 nitrogen and oxygen atoms in total. The third-order valence-electron chi connectivity index (χ3n) is 4.45. The summed E-state index contributed by atoms with van der Waals surface area (Å²) in [5, 5.41) is 3.39. The van der Waals surface area contributed by atoms with Crippen molar-refractivity contribution in [3.8, 4) is 0 Å². The Morgan fingerprint density at radius 3 is 2.45 bits per heavy atom. The van der Waals surface area contributed by atoms with Crippen molar-refractivity contribution in [3.63, 3.8) is 0 Å². The first-order chi connectivity index (χ1) is 10.4. The van der Waals surface area contributed by atoms with Crippen LogP contribution in [-0.2, 0) is 12.7 Å². The Hall–Kier alpha value is -1.07. The maximum atomic E-state index is 12.7. The average molecular weight is 314 g/mol. The van der Waals surface area contributed by atoms with E-state index in [1.165, 1.54) is 12.1 Å². The number of nitrogens with zero attached hydrogens (tertiary/aromatic N) is 1. The van der Waals surface area contributed by atoms with Crippen LogP contribution in [0.5, 0.6) is 0 Å². The molecule has 0 bridgehead atoms. The first-order valence-corrected chi connectivity index (χ1v) is 8.00. The van der Waals surface area contributed by atoms with Crippen molar-refractivity contribution in [1.29, 1.82) is 0 Å². The molecule has 5 heteroatoms. The summed E-state index contributed by atoms with van der Waals surface area (Å²) in [5.41, 5.74) is 1.17. The van der Waals surface area contributed by atoms with Crippen LogP contribution in [0.3, 0.4) is 0 Å². The van der Waals surface area contributed by atoms with E-state index in [1.54, 1.807) is 13.0 Å². The van der Waals surface area contributed by atoms with E-state index in [0.29, 0.717) is 0 Å². The zero-order valence-electron chi connectivity index (χ0n) is 13.3. The third-order valence-corrected chi connectivity index (χ3v) is 4.45. The van der Waals surface area contributed by atoms with Crippen LogP contribution in [-0.4, -0.2) is 31.1 Å². The minimum absolute atomic E-state index is 0.557. The van der Waals surface area contributed by atoms with Crippen LogP contribution >= 0.6 is 0 Å². The van der Waals surface area contributed by atoms with Crippen molar-refractivity contribution in [3.05, 3.63) is 34.9 Å². The lowest BCUT2D eigenvalue weighted by molar-refractivity contribution is -0.137. The highest BCUT2D eigenvalue weighted by Gasteiger charge is 2.30. The molecule has 1 aromatic carbocycles. The number of benzene rings is 1. The zero-order valence-corrected chi connectivity index (χ0v) is 13.3. The molecule has 1 aliphatic rings. The lowest BCUT2D eigenvalue weighted by atomic mass is 9.96. The minimum Gasteiger partial charge on any atom is -0.317 e. The smallest absolute Gasteiger partial charge is 0.317 e. The highest BCUT2D eigenvalue weighted by atomic mass is 19.4. The van der Waals surface area contributed by atoms with Gasteiger partial charge in [0.1, 0.15) is 0 Å². The molecule has 1 saturated heterocycles. The van der Waals surface area contributed by atoms with Gasteiger partial charge in [-0.2, -0.15) is 13.2 Å². The Labute approximate surface area is 130 Å². The maximum Gasteiger partial charge on any atom is 0.416 e. The summed E-state index contributed by atoms with van der Waals surface area (Å²) in [6.07, 6.45) is -1.94. The number of hydrogen-bond donors (Lipinski definition) is 1. The predicted octanol–water partition coefficient (Wildman–Crippen LogP) is 3.84. The summed E-state index contributed by atoms with van der Waals surface area (Å²) in [5.74, 6) is 0.727. The van der Waals surface area contributed by atoms with E-state index in [2.05, 4.69) is 17.1 Å². The molecule has 0 saturated carbocycles. The van der Waals surface area contributed by atoms with E-state index in [0.717, 1.165) is 62.6 Å². The van der Waals surface area contributed by atoms with Gasteiger partial charge in [0.2, 0.25) is 0 Å². The van der Waals surface area contributed by atoms with Gasteiger partial charge in [0.25, 0.3) is 0 Å². The molecular formula is C17H25F3N2. The van der Waals surface area contributed by atoms with Gasteiger partial charge in [0, 0.05) is 6.54 Å². The number of alkyl halides is 3. The molecular weight excluding hydrogens is 289 g/mol. The quantitative estimate of drug-likeness (QED) is 0.888. The molecule has 0 atom stereocenters. The van der Waals surface area contributed by atoms with Crippen LogP contribution in [0.1, 0.15) is 36.5 Å². The molecule has 2 rings (SSSR count). The molecule has 0 aromatic heterocycles. The van der Waals surface area contributed by atoms with Gasteiger partial charge >= 0.3 is 6.18 Å². The molecule has 124 valence electrons. The molecule has 1 aliphatic heterocycles. The van der Waals surface area contributed by atoms with Gasteiger partial charge in [-0.05, 0) is 75.1 Å². The van der Waals surface area contributed by atoms with Crippen molar-refractivity contribution in [2.75, 3.05) is 26.2 Å². The third kappa shape index (κ3) is 4.71. The van der Waals surface area contributed by atoms with E-state index >= 15 is 0 Å². The summed E-state index contributed by atoms with van der Waals surface area (Å²) in [7, 11) is 0. The first kappa shape index (κ1) is 17.3. The summed E-state index contributed by atoms with van der Waals surface area (Å²) in [6, 6.07) is 4.08. The number of halogens is 3. The highest BCUT2D eigenvalue weighted by Crippen LogP contribution is 2.31. The number of rotatable bonds is 5. The Morgan fingerprint density at radius 1 is 1.23 bits per heavy atom. The average Bonchev–Trinajstić information content (AvgIpc) is 2.47. The van der Waals surface area contributed by atoms with Crippen molar-refractivity contribution in [1.82, 2.24) is 10.2 Å². The Bertz CT molecular complexity index is 477. The number of nitrogens with one attached hydrogen (secondary N) is 1. The van der Waals surface area contributed by atoms with E-state index in [-0.39, 0.29) is 0 Å². The fraction of sp³-hybridized carbons (Fsp3) is 0.647. The van der Waals surface area contributed by atoms with Crippen LogP contribution in [0.15, 0.2) is 18.2 Å². The molecule has 0 unspecified atom stereocenters. The van der Waals surface area contributed by atoms with Crippen molar-refractivity contribution in [2.24, 2.45) is 5.92 Å². The van der Waals surface area contributed by atoms with E-state index < -0.39 is 11.7 Å². The minimum atomic E-state index is -4.26. The highest BCUT2D eigenvalue weighted by molar-refractivity contribution is 5.32. The van der Waals surface area contributed by atoms with E-state index in [4.69, 9.17) is 0 Å². The molecule has 1 fully saturated rings. The first-order valence-electron chi connectivity index (χ1n) is 8.00. The normalized spacial score (nSPS) is 17.9. The Balaban J connectivity index is 1.90. The van der Waals surface area contributed by atoms with Crippen LogP contribution in [0.25, 0.3) is 0 Å². The molecule has 0 amide bonds. The molecule has 1 N–H and O–H groups in total. The van der Waals surface area contributed by atoms with Gasteiger partial charge in [-0.15, -0.1) is 0 Å². The lowest BCUT2D eigenvalue weighted by Gasteiger charge is -2.32. The fourth-order valence-electron chi connectivity index (χ4n) is 2.99. The Morgan fingerprint density at radius 2 is 1.91 bits per heavy atom. The molecule has 0 aliphatic carbocycles. The van der Waals surface area contributed by atoms with Gasteiger partial charge in [-0.25, -0.2) is 0 Å². The van der Waals surface area contributed by atoms with Gasteiger partial charge in [-0.1, -0.05) is 13.0 Å². The van der Waals surface area contributed by atoms with Gasteiger partial charge < -0.3 is 5.32 Å². The summed E-state index contributed by atoms with van der Waals surface area (Å²) < 4.78 is 38.1. The van der Waals surface area contributed by atoms with Gasteiger partial charge in [0.15, 0.2) is 0 Å².